The van der Waals surface area contributed by atoms with E-state index in [0.29, 0.717) is 22.3 Å². The van der Waals surface area contributed by atoms with Gasteiger partial charge in [0.1, 0.15) is 5.82 Å². The Hall–Kier alpha value is -2.75. The predicted molar refractivity (Wildman–Crippen MR) is 81.5 cm³/mol. The number of aromatic nitrogens is 2. The van der Waals surface area contributed by atoms with E-state index in [0.717, 1.165) is 0 Å². The monoisotopic (exact) mass is 278 g/mol. The Bertz CT molecular complexity index is 867. The van der Waals surface area contributed by atoms with Gasteiger partial charge in [-0.05, 0) is 12.1 Å². The lowest BCUT2D eigenvalue weighted by Crippen LogP contribution is -2.24. The molecular weight excluding hydrogens is 264 g/mol. The Morgan fingerprint density at radius 1 is 1.05 bits per heavy atom. The maximum absolute atomic E-state index is 12.3. The minimum atomic E-state index is -0.128. The summed E-state index contributed by atoms with van der Waals surface area (Å²) < 4.78 is 1.45. The average Bonchev–Trinajstić information content (AvgIpc) is 2.53. The number of fused-ring (bicyclic) bond motifs is 1. The van der Waals surface area contributed by atoms with Crippen LogP contribution < -0.4 is 5.56 Å². The van der Waals surface area contributed by atoms with Crippen molar-refractivity contribution in [2.24, 2.45) is 7.05 Å². The van der Waals surface area contributed by atoms with E-state index >= 15 is 0 Å². The van der Waals surface area contributed by atoms with Crippen molar-refractivity contribution < 1.29 is 4.79 Å². The molecule has 4 nitrogen and oxygen atoms in total. The van der Waals surface area contributed by atoms with Crippen molar-refractivity contribution in [1.29, 1.82) is 0 Å². The Morgan fingerprint density at radius 3 is 2.48 bits per heavy atom. The van der Waals surface area contributed by atoms with E-state index in [1.54, 1.807) is 37.4 Å². The molecule has 0 unspecified atom stereocenters. The lowest BCUT2D eigenvalue weighted by Gasteiger charge is -2.08. The van der Waals surface area contributed by atoms with Crippen LogP contribution in [0.25, 0.3) is 10.9 Å². The topological polar surface area (TPSA) is 52.0 Å². The smallest absolute Gasteiger partial charge is 0.261 e. The third kappa shape index (κ3) is 2.48. The largest absolute Gasteiger partial charge is 0.299 e. The van der Waals surface area contributed by atoms with Crippen molar-refractivity contribution in [1.82, 2.24) is 9.55 Å². The molecule has 104 valence electrons. The molecule has 3 rings (SSSR count). The first kappa shape index (κ1) is 13.2. The molecule has 0 bridgehead atoms. The first-order chi connectivity index (χ1) is 10.2. The highest BCUT2D eigenvalue weighted by molar-refractivity contribution is 5.97. The van der Waals surface area contributed by atoms with Gasteiger partial charge < -0.3 is 0 Å². The first-order valence-corrected chi connectivity index (χ1v) is 6.70. The highest BCUT2D eigenvalue weighted by Gasteiger charge is 2.12. The molecule has 4 heteroatoms. The second kappa shape index (κ2) is 5.32. The van der Waals surface area contributed by atoms with Crippen LogP contribution in [0, 0.1) is 0 Å². The molecule has 3 aromatic rings. The predicted octanol–water partition coefficient (Wildman–Crippen LogP) is 2.36. The van der Waals surface area contributed by atoms with Crippen LogP contribution in [0.15, 0.2) is 59.4 Å². The molecule has 0 aliphatic carbocycles. The van der Waals surface area contributed by atoms with Crippen molar-refractivity contribution in [3.8, 4) is 0 Å². The Labute approximate surface area is 121 Å². The van der Waals surface area contributed by atoms with Crippen LogP contribution >= 0.6 is 0 Å². The van der Waals surface area contributed by atoms with E-state index in [1.165, 1.54) is 4.57 Å². The van der Waals surface area contributed by atoms with Gasteiger partial charge in [0.2, 0.25) is 0 Å². The van der Waals surface area contributed by atoms with Crippen LogP contribution in [-0.4, -0.2) is 15.3 Å². The van der Waals surface area contributed by atoms with Crippen molar-refractivity contribution in [2.45, 2.75) is 6.42 Å². The number of para-hydroxylation sites is 1. The van der Waals surface area contributed by atoms with Crippen LogP contribution in [0.4, 0.5) is 0 Å². The van der Waals surface area contributed by atoms with E-state index in [-0.39, 0.29) is 17.8 Å². The third-order valence-corrected chi connectivity index (χ3v) is 3.49. The zero-order valence-corrected chi connectivity index (χ0v) is 11.6. The SMILES string of the molecule is Cn1c(CC(=O)c2ccccc2)nc2ccccc2c1=O. The Morgan fingerprint density at radius 2 is 1.71 bits per heavy atom. The number of nitrogens with zero attached hydrogens (tertiary/aromatic N) is 2. The molecule has 0 amide bonds. The van der Waals surface area contributed by atoms with Gasteiger partial charge in [-0.3, -0.25) is 14.2 Å². The van der Waals surface area contributed by atoms with E-state index in [2.05, 4.69) is 4.98 Å². The number of ketones is 1. The maximum atomic E-state index is 12.3. The molecule has 0 saturated carbocycles. The van der Waals surface area contributed by atoms with E-state index < -0.39 is 0 Å². The number of rotatable bonds is 3. The highest BCUT2D eigenvalue weighted by Crippen LogP contribution is 2.09. The normalized spacial score (nSPS) is 10.7. The summed E-state index contributed by atoms with van der Waals surface area (Å²) in [6.45, 7) is 0. The molecule has 0 N–H and O–H groups in total. The number of carbonyl (C=O) groups excluding carboxylic acids is 1. The molecule has 0 spiro atoms. The molecule has 2 aromatic carbocycles. The Balaban J connectivity index is 2.04. The second-order valence-corrected chi connectivity index (χ2v) is 4.88. The van der Waals surface area contributed by atoms with Crippen LogP contribution in [0.3, 0.4) is 0 Å². The fourth-order valence-electron chi connectivity index (χ4n) is 2.29. The second-order valence-electron chi connectivity index (χ2n) is 4.88. The minimum absolute atomic E-state index is 0.0478. The zero-order valence-electron chi connectivity index (χ0n) is 11.6. The summed E-state index contributed by atoms with van der Waals surface area (Å²) >= 11 is 0. The van der Waals surface area contributed by atoms with Gasteiger partial charge in [-0.25, -0.2) is 4.98 Å². The quantitative estimate of drug-likeness (QED) is 0.691. The summed E-state index contributed by atoms with van der Waals surface area (Å²) in [6.07, 6.45) is 0.112. The number of hydrogen-bond donors (Lipinski definition) is 0. The van der Waals surface area contributed by atoms with Crippen LogP contribution in [0.2, 0.25) is 0 Å². The molecule has 0 saturated heterocycles. The molecular formula is C17H14N2O2. The summed E-state index contributed by atoms with van der Waals surface area (Å²) in [7, 11) is 1.65. The number of benzene rings is 2. The van der Waals surface area contributed by atoms with E-state index in [1.807, 2.05) is 24.3 Å². The fraction of sp³-hybridized carbons (Fsp3) is 0.118. The van der Waals surface area contributed by atoms with Crippen LogP contribution in [0.1, 0.15) is 16.2 Å². The van der Waals surface area contributed by atoms with Crippen molar-refractivity contribution in [2.75, 3.05) is 0 Å². The Kier molecular flexibility index (Phi) is 3.36. The fourth-order valence-corrected chi connectivity index (χ4v) is 2.29. The number of hydrogen-bond acceptors (Lipinski definition) is 3. The van der Waals surface area contributed by atoms with Gasteiger partial charge >= 0.3 is 0 Å². The molecule has 0 radical (unpaired) electrons. The molecule has 0 aliphatic rings. The first-order valence-electron chi connectivity index (χ1n) is 6.70. The van der Waals surface area contributed by atoms with Crippen molar-refractivity contribution in [3.05, 3.63) is 76.3 Å². The van der Waals surface area contributed by atoms with Gasteiger partial charge in [-0.1, -0.05) is 42.5 Å². The molecule has 0 aliphatic heterocycles. The maximum Gasteiger partial charge on any atom is 0.261 e. The van der Waals surface area contributed by atoms with E-state index in [4.69, 9.17) is 0 Å². The number of Topliss-reactive ketones (excluding diaryl/α,β-unsaturated/α-hetero) is 1. The molecule has 0 fully saturated rings. The van der Waals surface area contributed by atoms with Crippen molar-refractivity contribution >= 4 is 16.7 Å². The van der Waals surface area contributed by atoms with Gasteiger partial charge in [0.15, 0.2) is 5.78 Å². The lowest BCUT2D eigenvalue weighted by molar-refractivity contribution is 0.0989. The molecule has 1 heterocycles. The highest BCUT2D eigenvalue weighted by atomic mass is 16.1. The van der Waals surface area contributed by atoms with Gasteiger partial charge in [0.25, 0.3) is 5.56 Å². The summed E-state index contributed by atoms with van der Waals surface area (Å²) in [6, 6.07) is 16.2. The standard InChI is InChI=1S/C17H14N2O2/c1-19-16(11-15(20)12-7-3-2-4-8-12)18-14-10-6-5-9-13(14)17(19)21/h2-10H,11H2,1H3. The third-order valence-electron chi connectivity index (χ3n) is 3.49. The summed E-state index contributed by atoms with van der Waals surface area (Å²) in [5.74, 6) is 0.431. The van der Waals surface area contributed by atoms with Gasteiger partial charge in [0.05, 0.1) is 17.3 Å². The van der Waals surface area contributed by atoms with Crippen LogP contribution in [-0.2, 0) is 13.5 Å². The zero-order chi connectivity index (χ0) is 14.8. The summed E-state index contributed by atoms with van der Waals surface area (Å²) in [4.78, 5) is 29.0. The molecule has 1 aromatic heterocycles. The molecule has 21 heavy (non-hydrogen) atoms. The molecule has 0 atom stereocenters. The summed E-state index contributed by atoms with van der Waals surface area (Å²) in [5, 5.41) is 0.566. The van der Waals surface area contributed by atoms with Gasteiger partial charge in [-0.15, -0.1) is 0 Å². The van der Waals surface area contributed by atoms with Gasteiger partial charge in [0, 0.05) is 12.6 Å². The van der Waals surface area contributed by atoms with Crippen LogP contribution in [0.5, 0.6) is 0 Å². The number of carbonyl (C=O) groups is 1. The van der Waals surface area contributed by atoms with E-state index in [9.17, 15) is 9.59 Å². The average molecular weight is 278 g/mol. The van der Waals surface area contributed by atoms with Crippen molar-refractivity contribution in [3.63, 3.8) is 0 Å². The van der Waals surface area contributed by atoms with Gasteiger partial charge in [-0.2, -0.15) is 0 Å². The minimum Gasteiger partial charge on any atom is -0.299 e. The summed E-state index contributed by atoms with van der Waals surface area (Å²) in [5.41, 5.74) is 1.12. The lowest BCUT2D eigenvalue weighted by atomic mass is 10.1.